The summed E-state index contributed by atoms with van der Waals surface area (Å²) in [5.41, 5.74) is 0. The first-order valence-corrected chi connectivity index (χ1v) is 2.67. The van der Waals surface area contributed by atoms with E-state index in [4.69, 9.17) is 51.1 Å². The van der Waals surface area contributed by atoms with Gasteiger partial charge in [-0.25, -0.2) is 0 Å². The van der Waals surface area contributed by atoms with Crippen LogP contribution in [0.2, 0.25) is 0 Å². The summed E-state index contributed by atoms with van der Waals surface area (Å²) >= 11 is 0. The van der Waals surface area contributed by atoms with Gasteiger partial charge in [0.05, 0.1) is 15.3 Å². The van der Waals surface area contributed by atoms with Gasteiger partial charge in [0.25, 0.3) is 0 Å². The zero-order valence-corrected chi connectivity index (χ0v) is 9.64. The molecule has 0 bridgehead atoms. The van der Waals surface area contributed by atoms with E-state index in [0.717, 1.165) is 0 Å². The fourth-order valence-corrected chi connectivity index (χ4v) is 0. The van der Waals surface area contributed by atoms with Gasteiger partial charge in [0.1, 0.15) is 0 Å². The standard InChI is InChI=1S/C2H6O.3NO3.Tb/c1-2-3;3*2-1(3)4;/h3H,2H2,1H3;;;;/q;3*-1;+3. The monoisotopic (exact) mass is 391 g/mol. The second-order valence-electron chi connectivity index (χ2n) is 0.987. The molecule has 0 saturated carbocycles. The number of aliphatic hydroxyl groups is 1. The van der Waals surface area contributed by atoms with Crippen molar-refractivity contribution >= 4 is 0 Å². The third-order valence-corrected chi connectivity index (χ3v) is 0. The van der Waals surface area contributed by atoms with Crippen LogP contribution in [0.5, 0.6) is 0 Å². The normalized spacial score (nSPS) is 5.62. The molecular weight excluding hydrogens is 385 g/mol. The minimum absolute atomic E-state index is 0. The molecule has 0 aliphatic carbocycles. The zero-order chi connectivity index (χ0) is 13.4. The van der Waals surface area contributed by atoms with Crippen molar-refractivity contribution in [2.24, 2.45) is 0 Å². The Labute approximate surface area is 118 Å². The molecule has 0 aromatic carbocycles. The van der Waals surface area contributed by atoms with Crippen LogP contribution in [-0.4, -0.2) is 27.0 Å². The number of aliphatic hydroxyl groups excluding tert-OH is 1. The fourth-order valence-electron chi connectivity index (χ4n) is 0. The Hall–Kier alpha value is -1.15. The van der Waals surface area contributed by atoms with E-state index in [1.165, 1.54) is 0 Å². The van der Waals surface area contributed by atoms with E-state index in [-0.39, 0.29) is 45.2 Å². The van der Waals surface area contributed by atoms with E-state index < -0.39 is 15.3 Å². The maximum Gasteiger partial charge on any atom is 3.00 e. The summed E-state index contributed by atoms with van der Waals surface area (Å²) in [6.45, 7) is 1.93. The van der Waals surface area contributed by atoms with Crippen LogP contribution in [0.3, 0.4) is 0 Å². The second-order valence-corrected chi connectivity index (χ2v) is 0.987. The van der Waals surface area contributed by atoms with Crippen molar-refractivity contribution in [3.63, 3.8) is 0 Å². The number of hydrogen-bond donors (Lipinski definition) is 1. The van der Waals surface area contributed by atoms with Crippen LogP contribution in [0.4, 0.5) is 0 Å². The van der Waals surface area contributed by atoms with Gasteiger partial charge in [-0.3, -0.25) is 0 Å². The summed E-state index contributed by atoms with van der Waals surface area (Å²) in [5.74, 6) is 0. The maximum atomic E-state index is 8.25. The summed E-state index contributed by atoms with van der Waals surface area (Å²) in [6.07, 6.45) is 0. The van der Waals surface area contributed by atoms with Crippen molar-refractivity contribution in [2.45, 2.75) is 6.92 Å². The van der Waals surface area contributed by atoms with Crippen LogP contribution in [0.1, 0.15) is 6.92 Å². The molecule has 14 heteroatoms. The second kappa shape index (κ2) is 29.2. The molecular formula is C2H6N3O10Tb. The van der Waals surface area contributed by atoms with Gasteiger partial charge in [0.2, 0.25) is 0 Å². The Kier molecular flexibility index (Phi) is 53.6. The molecule has 0 amide bonds. The fraction of sp³-hybridized carbons (Fsp3) is 1.00. The molecule has 0 radical (unpaired) electrons. The maximum absolute atomic E-state index is 8.25. The van der Waals surface area contributed by atoms with E-state index in [1.807, 2.05) is 0 Å². The molecule has 0 aromatic rings. The van der Waals surface area contributed by atoms with Gasteiger partial charge in [0.15, 0.2) is 0 Å². The number of hydrogen-bond acceptors (Lipinski definition) is 10. The van der Waals surface area contributed by atoms with E-state index in [1.54, 1.807) is 6.92 Å². The summed E-state index contributed by atoms with van der Waals surface area (Å²) in [5, 5.41) is 51.8. The van der Waals surface area contributed by atoms with Gasteiger partial charge in [-0.2, -0.15) is 0 Å². The Morgan fingerprint density at radius 2 is 0.812 bits per heavy atom. The molecule has 0 unspecified atom stereocenters. The van der Waals surface area contributed by atoms with Gasteiger partial charge >= 0.3 is 38.6 Å². The molecule has 0 aliphatic heterocycles. The third kappa shape index (κ3) is 1350. The van der Waals surface area contributed by atoms with Gasteiger partial charge in [-0.1, -0.05) is 0 Å². The molecule has 0 spiro atoms. The molecule has 16 heavy (non-hydrogen) atoms. The summed E-state index contributed by atoms with van der Waals surface area (Å²) in [7, 11) is 0. The Morgan fingerprint density at radius 3 is 0.812 bits per heavy atom. The number of rotatable bonds is 0. The first-order valence-electron chi connectivity index (χ1n) is 2.67. The molecule has 0 aliphatic rings. The molecule has 98 valence electrons. The smallest absolute Gasteiger partial charge is 0.397 e. The Bertz CT molecular complexity index is 133. The molecule has 13 nitrogen and oxygen atoms in total. The molecule has 0 atom stereocenters. The third-order valence-electron chi connectivity index (χ3n) is 0. The van der Waals surface area contributed by atoms with E-state index >= 15 is 0 Å². The first-order chi connectivity index (χ1) is 6.61. The summed E-state index contributed by atoms with van der Waals surface area (Å²) in [6, 6.07) is 0. The van der Waals surface area contributed by atoms with Crippen LogP contribution >= 0.6 is 0 Å². The van der Waals surface area contributed by atoms with Crippen LogP contribution in [0, 0.1) is 84.6 Å². The largest absolute Gasteiger partial charge is 3.00 e. The van der Waals surface area contributed by atoms with Gasteiger partial charge in [-0.05, 0) is 6.92 Å². The zero-order valence-electron chi connectivity index (χ0n) is 7.50. The van der Waals surface area contributed by atoms with Gasteiger partial charge < -0.3 is 51.1 Å². The van der Waals surface area contributed by atoms with Crippen molar-refractivity contribution in [1.29, 1.82) is 0 Å². The summed E-state index contributed by atoms with van der Waals surface area (Å²) < 4.78 is 0. The minimum Gasteiger partial charge on any atom is -0.397 e. The van der Waals surface area contributed by atoms with Crippen molar-refractivity contribution in [2.75, 3.05) is 6.61 Å². The predicted octanol–water partition coefficient (Wildman–Crippen LogP) is -0.719. The average Bonchev–Trinajstić information content (AvgIpc) is 1.81. The van der Waals surface area contributed by atoms with Gasteiger partial charge in [0, 0.05) is 6.61 Å². The first kappa shape index (κ1) is 29.4. The quantitative estimate of drug-likeness (QED) is 0.403. The van der Waals surface area contributed by atoms with Gasteiger partial charge in [-0.15, -0.1) is 0 Å². The van der Waals surface area contributed by atoms with Crippen LogP contribution in [0.15, 0.2) is 0 Å². The van der Waals surface area contributed by atoms with E-state index in [9.17, 15) is 0 Å². The average molecular weight is 391 g/mol. The molecule has 0 fully saturated rings. The van der Waals surface area contributed by atoms with Crippen molar-refractivity contribution in [3.05, 3.63) is 46.0 Å². The van der Waals surface area contributed by atoms with E-state index in [2.05, 4.69) is 0 Å². The molecule has 0 rings (SSSR count). The van der Waals surface area contributed by atoms with Crippen LogP contribution < -0.4 is 0 Å². The van der Waals surface area contributed by atoms with Crippen molar-refractivity contribution in [1.82, 2.24) is 0 Å². The predicted molar refractivity (Wildman–Crippen MR) is 43.8 cm³/mol. The Morgan fingerprint density at radius 1 is 0.812 bits per heavy atom. The molecule has 1 N–H and O–H groups in total. The summed E-state index contributed by atoms with van der Waals surface area (Å²) in [4.78, 5) is 24.8. The SMILES string of the molecule is CCO.O=[N+]([O-])[O-].O=[N+]([O-])[O-].O=[N+]([O-])[O-].[Tb+3]. The van der Waals surface area contributed by atoms with Crippen LogP contribution in [0.25, 0.3) is 0 Å². The molecule has 0 saturated heterocycles. The van der Waals surface area contributed by atoms with Crippen molar-refractivity contribution in [3.8, 4) is 0 Å². The molecule has 0 aromatic heterocycles. The molecule has 0 heterocycles. The minimum atomic E-state index is -1.75. The van der Waals surface area contributed by atoms with E-state index in [0.29, 0.717) is 0 Å². The van der Waals surface area contributed by atoms with Crippen molar-refractivity contribution < 1.29 is 59.0 Å². The number of nitrogens with zero attached hydrogens (tertiary/aromatic N) is 3. The Balaban J connectivity index is -0.0000000331. The van der Waals surface area contributed by atoms with Crippen LogP contribution in [-0.2, 0) is 0 Å². The topological polar surface area (TPSA) is 219 Å².